The van der Waals surface area contributed by atoms with Crippen LogP contribution >= 0.6 is 15.9 Å². The Bertz CT molecular complexity index is 549. The second kappa shape index (κ2) is 7.23. The molecular formula is C13H18BrN5O. The van der Waals surface area contributed by atoms with Gasteiger partial charge in [0.05, 0.1) is 0 Å². The van der Waals surface area contributed by atoms with E-state index >= 15 is 0 Å². The number of halogens is 1. The topological polar surface area (TPSA) is 75.6 Å². The van der Waals surface area contributed by atoms with Crippen LogP contribution in [0.4, 0.5) is 0 Å². The summed E-state index contributed by atoms with van der Waals surface area (Å²) in [6.45, 7) is 3.55. The minimum Gasteiger partial charge on any atom is -0.351 e. The molecule has 0 aromatic carbocycles. The van der Waals surface area contributed by atoms with Crippen LogP contribution in [0.2, 0.25) is 0 Å². The summed E-state index contributed by atoms with van der Waals surface area (Å²) < 4.78 is 2.90. The predicted octanol–water partition coefficient (Wildman–Crippen LogP) is 2.14. The van der Waals surface area contributed by atoms with Crippen LogP contribution in [0, 0.1) is 0 Å². The molecule has 0 atom stereocenters. The van der Waals surface area contributed by atoms with Gasteiger partial charge in [-0.1, -0.05) is 6.92 Å². The second-order valence-corrected chi connectivity index (χ2v) is 5.44. The first-order valence-electron chi connectivity index (χ1n) is 6.68. The van der Waals surface area contributed by atoms with E-state index in [1.54, 1.807) is 0 Å². The molecule has 0 aliphatic heterocycles. The third-order valence-electron chi connectivity index (χ3n) is 2.90. The van der Waals surface area contributed by atoms with Gasteiger partial charge in [0.25, 0.3) is 5.91 Å². The Kier molecular flexibility index (Phi) is 5.34. The molecule has 0 fully saturated rings. The van der Waals surface area contributed by atoms with Gasteiger partial charge in [-0.25, -0.2) is 4.98 Å². The fourth-order valence-electron chi connectivity index (χ4n) is 1.99. The van der Waals surface area contributed by atoms with Crippen molar-refractivity contribution >= 4 is 21.8 Å². The van der Waals surface area contributed by atoms with Gasteiger partial charge < -0.3 is 9.88 Å². The lowest BCUT2D eigenvalue weighted by molar-refractivity contribution is 0.0943. The minimum absolute atomic E-state index is 0.0401. The van der Waals surface area contributed by atoms with E-state index in [-0.39, 0.29) is 5.91 Å². The minimum atomic E-state index is -0.0401. The number of rotatable bonds is 7. The van der Waals surface area contributed by atoms with Crippen LogP contribution in [0.15, 0.2) is 23.1 Å². The van der Waals surface area contributed by atoms with Crippen LogP contribution in [0.25, 0.3) is 0 Å². The molecule has 0 unspecified atom stereocenters. The Hall–Kier alpha value is -1.63. The van der Waals surface area contributed by atoms with Crippen molar-refractivity contribution in [3.05, 3.63) is 34.6 Å². The molecule has 0 radical (unpaired) electrons. The summed E-state index contributed by atoms with van der Waals surface area (Å²) in [6, 6.07) is 1.85. The van der Waals surface area contributed by atoms with Crippen LogP contribution in [-0.4, -0.2) is 32.2 Å². The van der Waals surface area contributed by atoms with E-state index in [9.17, 15) is 4.79 Å². The fraction of sp³-hybridized carbons (Fsp3) is 0.462. The van der Waals surface area contributed by atoms with Gasteiger partial charge in [-0.2, -0.15) is 5.10 Å². The smallest absolute Gasteiger partial charge is 0.267 e. The molecule has 6 nitrogen and oxygen atoms in total. The summed E-state index contributed by atoms with van der Waals surface area (Å²) in [7, 11) is 0. The number of carbonyl (C=O) groups is 1. The zero-order valence-electron chi connectivity index (χ0n) is 11.4. The fourth-order valence-corrected chi connectivity index (χ4v) is 2.45. The summed E-state index contributed by atoms with van der Waals surface area (Å²) >= 11 is 3.41. The Morgan fingerprint density at radius 2 is 2.40 bits per heavy atom. The number of aromatic nitrogens is 4. The van der Waals surface area contributed by atoms with Crippen LogP contribution in [0.3, 0.4) is 0 Å². The van der Waals surface area contributed by atoms with Crippen LogP contribution in [-0.2, 0) is 13.0 Å². The monoisotopic (exact) mass is 339 g/mol. The molecule has 20 heavy (non-hydrogen) atoms. The Balaban J connectivity index is 1.82. The number of hydrogen-bond acceptors (Lipinski definition) is 3. The Morgan fingerprint density at radius 3 is 3.10 bits per heavy atom. The SMILES string of the molecule is CCCn1cc(Br)cc1C(=O)NCCCc1ncn[nH]1. The summed E-state index contributed by atoms with van der Waals surface area (Å²) in [5.74, 6) is 0.804. The van der Waals surface area contributed by atoms with Gasteiger partial charge >= 0.3 is 0 Å². The first-order valence-corrected chi connectivity index (χ1v) is 7.48. The normalized spacial score (nSPS) is 10.7. The van der Waals surface area contributed by atoms with Crippen LogP contribution < -0.4 is 5.32 Å². The molecule has 2 N–H and O–H groups in total. The van der Waals surface area contributed by atoms with Crippen molar-refractivity contribution in [1.29, 1.82) is 0 Å². The number of aryl methyl sites for hydroxylation is 2. The maximum absolute atomic E-state index is 12.1. The maximum Gasteiger partial charge on any atom is 0.267 e. The van der Waals surface area contributed by atoms with E-state index in [1.807, 2.05) is 16.8 Å². The highest BCUT2D eigenvalue weighted by Gasteiger charge is 2.12. The van der Waals surface area contributed by atoms with Crippen molar-refractivity contribution < 1.29 is 4.79 Å². The molecule has 2 aromatic rings. The molecule has 0 aliphatic carbocycles. The molecule has 0 saturated heterocycles. The highest BCUT2D eigenvalue weighted by atomic mass is 79.9. The van der Waals surface area contributed by atoms with E-state index < -0.39 is 0 Å². The predicted molar refractivity (Wildman–Crippen MR) is 79.5 cm³/mol. The third-order valence-corrected chi connectivity index (χ3v) is 3.33. The molecule has 108 valence electrons. The first-order chi connectivity index (χ1) is 9.70. The van der Waals surface area contributed by atoms with E-state index in [0.717, 1.165) is 36.1 Å². The molecule has 0 saturated carbocycles. The van der Waals surface area contributed by atoms with Crippen LogP contribution in [0.1, 0.15) is 36.1 Å². The quantitative estimate of drug-likeness (QED) is 0.759. The first kappa shape index (κ1) is 14.8. The van der Waals surface area contributed by atoms with Gasteiger partial charge in [0.2, 0.25) is 0 Å². The highest BCUT2D eigenvalue weighted by Crippen LogP contribution is 2.15. The number of H-pyrrole nitrogens is 1. The second-order valence-electron chi connectivity index (χ2n) is 4.53. The number of carbonyl (C=O) groups excluding carboxylic acids is 1. The lowest BCUT2D eigenvalue weighted by atomic mass is 10.3. The van der Waals surface area contributed by atoms with Crippen molar-refractivity contribution in [3.63, 3.8) is 0 Å². The van der Waals surface area contributed by atoms with E-state index in [0.29, 0.717) is 12.2 Å². The lowest BCUT2D eigenvalue weighted by Gasteiger charge is -2.08. The van der Waals surface area contributed by atoms with Gasteiger partial charge in [0.15, 0.2) is 0 Å². The average Bonchev–Trinajstić information content (AvgIpc) is 3.05. The van der Waals surface area contributed by atoms with E-state index in [1.165, 1.54) is 6.33 Å². The third kappa shape index (κ3) is 3.93. The van der Waals surface area contributed by atoms with Crippen molar-refractivity contribution in [2.24, 2.45) is 0 Å². The maximum atomic E-state index is 12.1. The number of nitrogens with zero attached hydrogens (tertiary/aromatic N) is 3. The number of nitrogens with one attached hydrogen (secondary N) is 2. The zero-order chi connectivity index (χ0) is 14.4. The summed E-state index contributed by atoms with van der Waals surface area (Å²) in [5, 5.41) is 9.52. The van der Waals surface area contributed by atoms with Crippen molar-refractivity contribution in [1.82, 2.24) is 25.1 Å². The highest BCUT2D eigenvalue weighted by molar-refractivity contribution is 9.10. The molecule has 2 aromatic heterocycles. The van der Waals surface area contributed by atoms with Crippen LogP contribution in [0.5, 0.6) is 0 Å². The van der Waals surface area contributed by atoms with Crippen molar-refractivity contribution in [2.75, 3.05) is 6.54 Å². The van der Waals surface area contributed by atoms with Crippen molar-refractivity contribution in [2.45, 2.75) is 32.7 Å². The van der Waals surface area contributed by atoms with Gasteiger partial charge in [0.1, 0.15) is 17.8 Å². The molecule has 0 spiro atoms. The Morgan fingerprint density at radius 1 is 1.55 bits per heavy atom. The Labute approximate surface area is 126 Å². The molecule has 0 aliphatic rings. The number of hydrogen-bond donors (Lipinski definition) is 2. The molecular weight excluding hydrogens is 322 g/mol. The molecule has 2 heterocycles. The standard InChI is InChI=1S/C13H18BrN5O/c1-2-6-19-8-10(14)7-11(19)13(20)15-5-3-4-12-16-9-17-18-12/h7-9H,2-6H2,1H3,(H,15,20)(H,16,17,18). The largest absolute Gasteiger partial charge is 0.351 e. The lowest BCUT2D eigenvalue weighted by Crippen LogP contribution is -2.27. The number of aromatic amines is 1. The summed E-state index contributed by atoms with van der Waals surface area (Å²) in [4.78, 5) is 16.2. The molecule has 7 heteroatoms. The van der Waals surface area contributed by atoms with Gasteiger partial charge in [-0.15, -0.1) is 0 Å². The summed E-state index contributed by atoms with van der Waals surface area (Å²) in [6.07, 6.45) is 6.03. The zero-order valence-corrected chi connectivity index (χ0v) is 13.0. The molecule has 2 rings (SSSR count). The van der Waals surface area contributed by atoms with Gasteiger partial charge in [0, 0.05) is 30.2 Å². The van der Waals surface area contributed by atoms with Gasteiger partial charge in [-0.3, -0.25) is 9.89 Å². The van der Waals surface area contributed by atoms with E-state index in [2.05, 4.69) is 43.4 Å². The van der Waals surface area contributed by atoms with Gasteiger partial charge in [-0.05, 0) is 34.8 Å². The average molecular weight is 340 g/mol. The molecule has 0 bridgehead atoms. The van der Waals surface area contributed by atoms with Crippen molar-refractivity contribution in [3.8, 4) is 0 Å². The number of amides is 1. The van der Waals surface area contributed by atoms with E-state index in [4.69, 9.17) is 0 Å². The molecule has 1 amide bonds. The summed E-state index contributed by atoms with van der Waals surface area (Å²) in [5.41, 5.74) is 0.693.